The van der Waals surface area contributed by atoms with E-state index in [1.165, 1.54) is 6.20 Å². The van der Waals surface area contributed by atoms with Crippen molar-refractivity contribution in [1.82, 2.24) is 4.98 Å². The standard InChI is InChI=1S/C10H13N3O/c1-3-7(2)13-8-4-5-12-9(6-8)10(11)14/h3-7H,1H2,2H3,(H2,11,14)(H,12,13). The molecule has 0 spiro atoms. The molecule has 0 aliphatic heterocycles. The maximum Gasteiger partial charge on any atom is 0.267 e. The lowest BCUT2D eigenvalue weighted by Crippen LogP contribution is -2.15. The first-order valence-electron chi connectivity index (χ1n) is 4.28. The SMILES string of the molecule is C=CC(C)Nc1ccnc(C(N)=O)c1. The largest absolute Gasteiger partial charge is 0.379 e. The molecule has 1 aromatic heterocycles. The summed E-state index contributed by atoms with van der Waals surface area (Å²) in [7, 11) is 0. The summed E-state index contributed by atoms with van der Waals surface area (Å²) in [4.78, 5) is 14.7. The van der Waals surface area contributed by atoms with Gasteiger partial charge in [0.15, 0.2) is 0 Å². The molecule has 3 N–H and O–H groups in total. The van der Waals surface area contributed by atoms with Crippen LogP contribution in [-0.2, 0) is 0 Å². The molecule has 0 aliphatic carbocycles. The van der Waals surface area contributed by atoms with Crippen LogP contribution in [0.3, 0.4) is 0 Å². The number of anilines is 1. The number of aromatic nitrogens is 1. The molecule has 1 amide bonds. The van der Waals surface area contributed by atoms with E-state index in [0.717, 1.165) is 5.69 Å². The molecule has 0 bridgehead atoms. The van der Waals surface area contributed by atoms with Gasteiger partial charge in [-0.05, 0) is 19.1 Å². The highest BCUT2D eigenvalue weighted by Crippen LogP contribution is 2.09. The Morgan fingerprint density at radius 3 is 3.07 bits per heavy atom. The van der Waals surface area contributed by atoms with Crippen LogP contribution in [0.4, 0.5) is 5.69 Å². The lowest BCUT2D eigenvalue weighted by molar-refractivity contribution is 0.0995. The van der Waals surface area contributed by atoms with Crippen LogP contribution in [0.25, 0.3) is 0 Å². The van der Waals surface area contributed by atoms with E-state index in [1.807, 2.05) is 6.92 Å². The lowest BCUT2D eigenvalue weighted by atomic mass is 10.2. The third kappa shape index (κ3) is 2.58. The molecule has 0 aliphatic rings. The molecule has 0 saturated carbocycles. The quantitative estimate of drug-likeness (QED) is 0.702. The van der Waals surface area contributed by atoms with E-state index in [9.17, 15) is 4.79 Å². The number of hydrogen-bond donors (Lipinski definition) is 2. The summed E-state index contributed by atoms with van der Waals surface area (Å²) in [5, 5.41) is 3.12. The number of rotatable bonds is 4. The molecule has 0 fully saturated rings. The van der Waals surface area contributed by atoms with Gasteiger partial charge in [-0.2, -0.15) is 0 Å². The number of pyridine rings is 1. The molecule has 0 radical (unpaired) electrons. The monoisotopic (exact) mass is 191 g/mol. The topological polar surface area (TPSA) is 68.0 Å². The number of carbonyl (C=O) groups excluding carboxylic acids is 1. The summed E-state index contributed by atoms with van der Waals surface area (Å²) in [6, 6.07) is 3.52. The third-order valence-electron chi connectivity index (χ3n) is 1.76. The van der Waals surface area contributed by atoms with Crippen molar-refractivity contribution in [3.05, 3.63) is 36.7 Å². The number of hydrogen-bond acceptors (Lipinski definition) is 3. The predicted molar refractivity (Wildman–Crippen MR) is 56.0 cm³/mol. The van der Waals surface area contributed by atoms with E-state index in [4.69, 9.17) is 5.73 Å². The molecule has 14 heavy (non-hydrogen) atoms. The van der Waals surface area contributed by atoms with Gasteiger partial charge in [0.25, 0.3) is 5.91 Å². The van der Waals surface area contributed by atoms with E-state index < -0.39 is 5.91 Å². The third-order valence-corrected chi connectivity index (χ3v) is 1.76. The highest BCUT2D eigenvalue weighted by molar-refractivity contribution is 5.91. The number of nitrogens with two attached hydrogens (primary N) is 1. The van der Waals surface area contributed by atoms with Crippen LogP contribution in [0.15, 0.2) is 31.0 Å². The average molecular weight is 191 g/mol. The Morgan fingerprint density at radius 1 is 1.79 bits per heavy atom. The van der Waals surface area contributed by atoms with Gasteiger partial charge in [0.1, 0.15) is 5.69 Å². The maximum absolute atomic E-state index is 10.8. The molecular formula is C10H13N3O. The Hall–Kier alpha value is -1.84. The van der Waals surface area contributed by atoms with Crippen molar-refractivity contribution >= 4 is 11.6 Å². The summed E-state index contributed by atoms with van der Waals surface area (Å²) in [6.07, 6.45) is 3.31. The first kappa shape index (κ1) is 10.2. The summed E-state index contributed by atoms with van der Waals surface area (Å²) < 4.78 is 0. The number of primary amides is 1. The van der Waals surface area contributed by atoms with Gasteiger partial charge in [-0.1, -0.05) is 6.08 Å². The molecule has 4 heteroatoms. The molecule has 0 aromatic carbocycles. The maximum atomic E-state index is 10.8. The molecule has 1 aromatic rings. The minimum absolute atomic E-state index is 0.137. The Morgan fingerprint density at radius 2 is 2.50 bits per heavy atom. The van der Waals surface area contributed by atoms with Crippen molar-refractivity contribution < 1.29 is 4.79 Å². The van der Waals surface area contributed by atoms with Gasteiger partial charge in [-0.15, -0.1) is 6.58 Å². The average Bonchev–Trinajstić information content (AvgIpc) is 2.18. The minimum atomic E-state index is -0.528. The van der Waals surface area contributed by atoms with Crippen molar-refractivity contribution in [2.45, 2.75) is 13.0 Å². The van der Waals surface area contributed by atoms with Crippen LogP contribution in [0, 0.1) is 0 Å². The number of carbonyl (C=O) groups is 1. The van der Waals surface area contributed by atoms with Crippen LogP contribution in [0.1, 0.15) is 17.4 Å². The minimum Gasteiger partial charge on any atom is -0.379 e. The van der Waals surface area contributed by atoms with E-state index in [-0.39, 0.29) is 11.7 Å². The molecule has 1 heterocycles. The fraction of sp³-hybridized carbons (Fsp3) is 0.200. The van der Waals surface area contributed by atoms with Crippen molar-refractivity contribution in [1.29, 1.82) is 0 Å². The summed E-state index contributed by atoms with van der Waals surface area (Å²) in [5.74, 6) is -0.528. The molecule has 1 unspecified atom stereocenters. The Kier molecular flexibility index (Phi) is 3.23. The molecule has 1 atom stereocenters. The van der Waals surface area contributed by atoms with Gasteiger partial charge in [-0.3, -0.25) is 9.78 Å². The van der Waals surface area contributed by atoms with Gasteiger partial charge in [0.05, 0.1) is 0 Å². The zero-order valence-electron chi connectivity index (χ0n) is 8.03. The second-order valence-corrected chi connectivity index (χ2v) is 2.96. The van der Waals surface area contributed by atoms with Gasteiger partial charge >= 0.3 is 0 Å². The number of amides is 1. The fourth-order valence-electron chi connectivity index (χ4n) is 0.977. The summed E-state index contributed by atoms with van der Waals surface area (Å²) in [6.45, 7) is 5.60. The van der Waals surface area contributed by atoms with Crippen LogP contribution >= 0.6 is 0 Å². The van der Waals surface area contributed by atoms with Crippen LogP contribution < -0.4 is 11.1 Å². The van der Waals surface area contributed by atoms with Crippen molar-refractivity contribution in [3.63, 3.8) is 0 Å². The Labute approximate surface area is 82.8 Å². The zero-order chi connectivity index (χ0) is 10.6. The van der Waals surface area contributed by atoms with Crippen molar-refractivity contribution in [2.24, 2.45) is 5.73 Å². The highest BCUT2D eigenvalue weighted by Gasteiger charge is 2.03. The normalized spacial score (nSPS) is 11.8. The zero-order valence-corrected chi connectivity index (χ0v) is 8.03. The summed E-state index contributed by atoms with van der Waals surface area (Å²) in [5.41, 5.74) is 6.16. The van der Waals surface area contributed by atoms with E-state index in [2.05, 4.69) is 16.9 Å². The van der Waals surface area contributed by atoms with Crippen molar-refractivity contribution in [2.75, 3.05) is 5.32 Å². The predicted octanol–water partition coefficient (Wildman–Crippen LogP) is 1.17. The number of nitrogens with zero attached hydrogens (tertiary/aromatic N) is 1. The first-order chi connectivity index (χ1) is 6.63. The molecule has 74 valence electrons. The van der Waals surface area contributed by atoms with Gasteiger partial charge in [0, 0.05) is 17.9 Å². The van der Waals surface area contributed by atoms with E-state index in [0.29, 0.717) is 0 Å². The molecule has 0 saturated heterocycles. The highest BCUT2D eigenvalue weighted by atomic mass is 16.1. The smallest absolute Gasteiger partial charge is 0.267 e. The van der Waals surface area contributed by atoms with Gasteiger partial charge in [-0.25, -0.2) is 0 Å². The van der Waals surface area contributed by atoms with E-state index in [1.54, 1.807) is 18.2 Å². The Bertz CT molecular complexity index is 349. The summed E-state index contributed by atoms with van der Waals surface area (Å²) >= 11 is 0. The second kappa shape index (κ2) is 4.41. The lowest BCUT2D eigenvalue weighted by Gasteiger charge is -2.10. The van der Waals surface area contributed by atoms with Crippen molar-refractivity contribution in [3.8, 4) is 0 Å². The Balaban J connectivity index is 2.83. The van der Waals surface area contributed by atoms with Crippen LogP contribution in [-0.4, -0.2) is 16.9 Å². The number of nitrogens with one attached hydrogen (secondary N) is 1. The van der Waals surface area contributed by atoms with E-state index >= 15 is 0 Å². The van der Waals surface area contributed by atoms with Crippen LogP contribution in [0.5, 0.6) is 0 Å². The van der Waals surface area contributed by atoms with Gasteiger partial charge in [0.2, 0.25) is 0 Å². The molecule has 1 rings (SSSR count). The van der Waals surface area contributed by atoms with Crippen LogP contribution in [0.2, 0.25) is 0 Å². The fourth-order valence-corrected chi connectivity index (χ4v) is 0.977. The first-order valence-corrected chi connectivity index (χ1v) is 4.28. The second-order valence-electron chi connectivity index (χ2n) is 2.96. The molecule has 4 nitrogen and oxygen atoms in total. The molecular weight excluding hydrogens is 178 g/mol. The van der Waals surface area contributed by atoms with Gasteiger partial charge < -0.3 is 11.1 Å².